The Balaban J connectivity index is 2.60. The van der Waals surface area contributed by atoms with Gasteiger partial charge in [-0.05, 0) is 19.3 Å². The molecule has 80 valence electrons. The molecule has 1 aromatic rings. The molecule has 0 amide bonds. The second kappa shape index (κ2) is 6.19. The van der Waals surface area contributed by atoms with Crippen LogP contribution in [0, 0.1) is 0 Å². The van der Waals surface area contributed by atoms with Crippen molar-refractivity contribution in [1.82, 2.24) is 9.97 Å². The minimum absolute atomic E-state index is 0.355. The van der Waals surface area contributed by atoms with Crippen molar-refractivity contribution in [3.63, 3.8) is 0 Å². The fourth-order valence-electron chi connectivity index (χ4n) is 0.872. The Kier molecular flexibility index (Phi) is 4.83. The summed E-state index contributed by atoms with van der Waals surface area (Å²) in [4.78, 5) is 19.1. The molecule has 0 spiro atoms. The summed E-state index contributed by atoms with van der Waals surface area (Å²) < 4.78 is 4.74. The van der Waals surface area contributed by atoms with Gasteiger partial charge in [0, 0.05) is 24.0 Å². The molecule has 0 fully saturated rings. The molecule has 0 saturated heterocycles. The van der Waals surface area contributed by atoms with Crippen LogP contribution in [0.3, 0.4) is 0 Å². The average molecular weight is 224 g/mol. The molecule has 0 aliphatic rings. The molecule has 1 aromatic heterocycles. The van der Waals surface area contributed by atoms with Gasteiger partial charge in [-0.3, -0.25) is 0 Å². The summed E-state index contributed by atoms with van der Waals surface area (Å²) in [6.07, 6.45) is 8.22. The zero-order valence-corrected chi connectivity index (χ0v) is 9.45. The highest BCUT2D eigenvalue weighted by atomic mass is 32.2. The first-order chi connectivity index (χ1) is 7.26. The van der Waals surface area contributed by atoms with E-state index >= 15 is 0 Å². The number of esters is 1. The summed E-state index contributed by atoms with van der Waals surface area (Å²) in [5.41, 5.74) is 0.779. The Morgan fingerprint density at radius 3 is 2.73 bits per heavy atom. The molecule has 0 atom stereocenters. The number of nitrogens with zero attached hydrogens (tertiary/aromatic N) is 2. The number of hydrogen-bond donors (Lipinski definition) is 0. The second-order valence-corrected chi connectivity index (χ2v) is 3.36. The zero-order chi connectivity index (χ0) is 11.1. The van der Waals surface area contributed by atoms with E-state index in [9.17, 15) is 4.79 Å². The molecule has 0 N–H and O–H groups in total. The van der Waals surface area contributed by atoms with E-state index in [4.69, 9.17) is 4.74 Å². The molecule has 0 unspecified atom stereocenters. The van der Waals surface area contributed by atoms with Crippen molar-refractivity contribution in [2.75, 3.05) is 12.9 Å². The van der Waals surface area contributed by atoms with Gasteiger partial charge in [0.15, 0.2) is 5.16 Å². The molecule has 1 rings (SSSR count). The maximum absolute atomic E-state index is 11.0. The highest BCUT2D eigenvalue weighted by Crippen LogP contribution is 2.07. The topological polar surface area (TPSA) is 52.1 Å². The standard InChI is InChI=1S/C10H12N2O2S/c1-3-14-9(13)5-4-8-6-11-10(15-2)12-7-8/h4-7H,3H2,1-2H3. The molecule has 1 heterocycles. The van der Waals surface area contributed by atoms with Crippen molar-refractivity contribution < 1.29 is 9.53 Å². The monoisotopic (exact) mass is 224 g/mol. The molecule has 0 saturated carbocycles. The smallest absolute Gasteiger partial charge is 0.330 e. The van der Waals surface area contributed by atoms with Crippen LogP contribution in [-0.4, -0.2) is 28.8 Å². The first kappa shape index (κ1) is 11.7. The lowest BCUT2D eigenvalue weighted by molar-refractivity contribution is -0.137. The minimum Gasteiger partial charge on any atom is -0.463 e. The lowest BCUT2D eigenvalue weighted by Gasteiger charge is -1.96. The Morgan fingerprint density at radius 2 is 2.20 bits per heavy atom. The first-order valence-corrected chi connectivity index (χ1v) is 5.69. The summed E-state index contributed by atoms with van der Waals surface area (Å²) in [5, 5.41) is 0.711. The number of carbonyl (C=O) groups excluding carboxylic acids is 1. The molecule has 0 aromatic carbocycles. The summed E-state index contributed by atoms with van der Waals surface area (Å²) in [7, 11) is 0. The van der Waals surface area contributed by atoms with E-state index in [2.05, 4.69) is 9.97 Å². The van der Waals surface area contributed by atoms with Gasteiger partial charge in [-0.25, -0.2) is 14.8 Å². The molecule has 15 heavy (non-hydrogen) atoms. The van der Waals surface area contributed by atoms with Gasteiger partial charge in [0.05, 0.1) is 6.61 Å². The van der Waals surface area contributed by atoms with Crippen molar-refractivity contribution in [2.24, 2.45) is 0 Å². The fourth-order valence-corrected chi connectivity index (χ4v) is 1.19. The van der Waals surface area contributed by atoms with E-state index in [0.717, 1.165) is 5.56 Å². The highest BCUT2D eigenvalue weighted by Gasteiger charge is 1.95. The predicted molar refractivity (Wildman–Crippen MR) is 59.5 cm³/mol. The molecule has 0 bridgehead atoms. The number of rotatable bonds is 4. The molecule has 5 heteroatoms. The molecular formula is C10H12N2O2S. The van der Waals surface area contributed by atoms with Gasteiger partial charge in [0.25, 0.3) is 0 Å². The van der Waals surface area contributed by atoms with Crippen molar-refractivity contribution >= 4 is 23.8 Å². The van der Waals surface area contributed by atoms with Crippen LogP contribution >= 0.6 is 11.8 Å². The van der Waals surface area contributed by atoms with E-state index in [0.29, 0.717) is 11.8 Å². The van der Waals surface area contributed by atoms with Gasteiger partial charge in [-0.2, -0.15) is 0 Å². The van der Waals surface area contributed by atoms with Crippen molar-refractivity contribution in [1.29, 1.82) is 0 Å². The van der Waals surface area contributed by atoms with Gasteiger partial charge in [-0.15, -0.1) is 0 Å². The summed E-state index contributed by atoms with van der Waals surface area (Å²) in [6, 6.07) is 0. The maximum atomic E-state index is 11.0. The van der Waals surface area contributed by atoms with E-state index in [1.165, 1.54) is 17.8 Å². The third-order valence-electron chi connectivity index (χ3n) is 1.53. The van der Waals surface area contributed by atoms with E-state index in [-0.39, 0.29) is 5.97 Å². The van der Waals surface area contributed by atoms with Crippen LogP contribution in [-0.2, 0) is 9.53 Å². The minimum atomic E-state index is -0.355. The fraction of sp³-hybridized carbons (Fsp3) is 0.300. The van der Waals surface area contributed by atoms with Gasteiger partial charge >= 0.3 is 5.97 Å². The van der Waals surface area contributed by atoms with Crippen LogP contribution in [0.15, 0.2) is 23.6 Å². The first-order valence-electron chi connectivity index (χ1n) is 4.47. The van der Waals surface area contributed by atoms with Gasteiger partial charge in [0.1, 0.15) is 0 Å². The highest BCUT2D eigenvalue weighted by molar-refractivity contribution is 7.98. The van der Waals surface area contributed by atoms with Gasteiger partial charge in [-0.1, -0.05) is 11.8 Å². The number of ether oxygens (including phenoxy) is 1. The Hall–Kier alpha value is -1.36. The SMILES string of the molecule is CCOC(=O)C=Cc1cnc(SC)nc1. The number of carbonyl (C=O) groups is 1. The van der Waals surface area contributed by atoms with Crippen LogP contribution < -0.4 is 0 Å². The molecular weight excluding hydrogens is 212 g/mol. The van der Waals surface area contributed by atoms with Crippen LogP contribution in [0.2, 0.25) is 0 Å². The summed E-state index contributed by atoms with van der Waals surface area (Å²) in [6.45, 7) is 2.15. The maximum Gasteiger partial charge on any atom is 0.330 e. The van der Waals surface area contributed by atoms with Crippen molar-refractivity contribution in [3.8, 4) is 0 Å². The normalized spacial score (nSPS) is 10.5. The lowest BCUT2D eigenvalue weighted by atomic mass is 10.3. The van der Waals surface area contributed by atoms with Crippen molar-refractivity contribution in [3.05, 3.63) is 24.0 Å². The van der Waals surface area contributed by atoms with Crippen LogP contribution in [0.5, 0.6) is 0 Å². The molecule has 0 radical (unpaired) electrons. The third-order valence-corrected chi connectivity index (χ3v) is 2.11. The van der Waals surface area contributed by atoms with Crippen LogP contribution in [0.25, 0.3) is 6.08 Å². The Labute approximate surface area is 92.8 Å². The lowest BCUT2D eigenvalue weighted by Crippen LogP contribution is -1.98. The van der Waals surface area contributed by atoms with Crippen LogP contribution in [0.4, 0.5) is 0 Å². The quantitative estimate of drug-likeness (QED) is 0.338. The molecule has 4 nitrogen and oxygen atoms in total. The Bertz CT molecular complexity index is 349. The zero-order valence-electron chi connectivity index (χ0n) is 8.64. The van der Waals surface area contributed by atoms with Gasteiger partial charge in [0.2, 0.25) is 0 Å². The summed E-state index contributed by atoms with van der Waals surface area (Å²) >= 11 is 1.47. The summed E-state index contributed by atoms with van der Waals surface area (Å²) in [5.74, 6) is -0.355. The third kappa shape index (κ3) is 4.12. The second-order valence-electron chi connectivity index (χ2n) is 2.59. The van der Waals surface area contributed by atoms with E-state index < -0.39 is 0 Å². The largest absolute Gasteiger partial charge is 0.463 e. The molecule has 0 aliphatic carbocycles. The molecule has 0 aliphatic heterocycles. The van der Waals surface area contributed by atoms with Crippen molar-refractivity contribution in [2.45, 2.75) is 12.1 Å². The number of thioether (sulfide) groups is 1. The predicted octanol–water partition coefficient (Wildman–Crippen LogP) is 1.77. The van der Waals surface area contributed by atoms with Crippen LogP contribution in [0.1, 0.15) is 12.5 Å². The number of hydrogen-bond acceptors (Lipinski definition) is 5. The Morgan fingerprint density at radius 1 is 1.53 bits per heavy atom. The van der Waals surface area contributed by atoms with Gasteiger partial charge < -0.3 is 4.74 Å². The average Bonchev–Trinajstić information content (AvgIpc) is 2.27. The van der Waals surface area contributed by atoms with E-state index in [1.54, 1.807) is 25.4 Å². The number of aromatic nitrogens is 2. The van der Waals surface area contributed by atoms with E-state index in [1.807, 2.05) is 6.26 Å².